The van der Waals surface area contributed by atoms with Gasteiger partial charge >= 0.3 is 6.03 Å². The zero-order valence-electron chi connectivity index (χ0n) is 23.3. The largest absolute Gasteiger partial charge is 0.351 e. The number of anilines is 1. The van der Waals surface area contributed by atoms with Crippen LogP contribution in [0.3, 0.4) is 0 Å². The van der Waals surface area contributed by atoms with Crippen molar-refractivity contribution in [1.29, 1.82) is 0 Å². The number of halogens is 1. The molecule has 9 nitrogen and oxygen atoms in total. The summed E-state index contributed by atoms with van der Waals surface area (Å²) in [6.45, 7) is 3.90. The van der Waals surface area contributed by atoms with Gasteiger partial charge in [0.25, 0.3) is 5.91 Å². The number of carbonyl (C=O) groups excluding carboxylic acids is 2. The number of carbonyl (C=O) groups is 2. The van der Waals surface area contributed by atoms with Gasteiger partial charge in [0.1, 0.15) is 11.4 Å². The van der Waals surface area contributed by atoms with Crippen molar-refractivity contribution >= 4 is 39.6 Å². The molecule has 1 spiro atoms. The minimum atomic E-state index is -3.69. The Morgan fingerprint density at radius 1 is 1.10 bits per heavy atom. The fourth-order valence-corrected chi connectivity index (χ4v) is 6.37. The monoisotopic (exact) mass is 563 g/mol. The number of alkyl halides is 1. The summed E-state index contributed by atoms with van der Waals surface area (Å²) in [5.74, 6) is 0.564. The molecule has 0 atom stereocenters. The number of aryl methyl sites for hydroxylation is 2. The van der Waals surface area contributed by atoms with Gasteiger partial charge in [-0.15, -0.1) is 0 Å². The lowest BCUT2D eigenvalue weighted by atomic mass is 9.89. The van der Waals surface area contributed by atoms with Crippen LogP contribution in [0.15, 0.2) is 22.5 Å². The number of nitrogens with zero attached hydrogens (tertiary/aromatic N) is 3. The molecule has 2 aliphatic rings. The SMILES string of the molecule is Cc1cc(N(C)C(N)=O)cc(C)c1/C=C/S(=O)(=O)N1CCC2(CC1)N=C(CCCCCCCCCF)NC2=O. The van der Waals surface area contributed by atoms with E-state index in [2.05, 4.69) is 5.32 Å². The van der Waals surface area contributed by atoms with Crippen molar-refractivity contribution in [3.8, 4) is 0 Å². The number of benzene rings is 1. The van der Waals surface area contributed by atoms with Gasteiger partial charge in [0, 0.05) is 37.7 Å². The molecule has 3 N–H and O–H groups in total. The summed E-state index contributed by atoms with van der Waals surface area (Å²) in [4.78, 5) is 30.3. The Kier molecular flexibility index (Phi) is 10.7. The van der Waals surface area contributed by atoms with Gasteiger partial charge in [-0.05, 0) is 74.4 Å². The Bertz CT molecular complexity index is 1180. The second-order valence-electron chi connectivity index (χ2n) is 10.6. The maximum atomic E-state index is 13.1. The molecule has 2 aliphatic heterocycles. The van der Waals surface area contributed by atoms with Crippen LogP contribution in [0.5, 0.6) is 0 Å². The van der Waals surface area contributed by atoms with E-state index in [4.69, 9.17) is 10.7 Å². The van der Waals surface area contributed by atoms with E-state index >= 15 is 0 Å². The van der Waals surface area contributed by atoms with Crippen LogP contribution in [-0.4, -0.2) is 62.8 Å². The molecule has 0 unspecified atom stereocenters. The van der Waals surface area contributed by atoms with Crippen molar-refractivity contribution in [2.45, 2.75) is 83.6 Å². The highest BCUT2D eigenvalue weighted by Crippen LogP contribution is 2.32. The second kappa shape index (κ2) is 13.5. The minimum Gasteiger partial charge on any atom is -0.351 e. The number of primary amides is 1. The number of unbranched alkanes of at least 4 members (excludes halogenated alkanes) is 6. The fraction of sp³-hybridized carbons (Fsp3) is 0.607. The molecule has 1 aromatic rings. The first-order valence-electron chi connectivity index (χ1n) is 13.8. The lowest BCUT2D eigenvalue weighted by Gasteiger charge is -2.34. The zero-order chi connectivity index (χ0) is 28.6. The third-order valence-electron chi connectivity index (χ3n) is 7.69. The maximum absolute atomic E-state index is 13.1. The van der Waals surface area contributed by atoms with Gasteiger partial charge < -0.3 is 11.1 Å². The summed E-state index contributed by atoms with van der Waals surface area (Å²) in [6.07, 6.45) is 9.77. The number of hydrogen-bond acceptors (Lipinski definition) is 5. The number of piperidine rings is 1. The first-order valence-corrected chi connectivity index (χ1v) is 15.3. The number of aliphatic imine (C=N–C) groups is 1. The third kappa shape index (κ3) is 7.88. The highest BCUT2D eigenvalue weighted by atomic mass is 32.2. The summed E-state index contributed by atoms with van der Waals surface area (Å²) in [7, 11) is -2.11. The molecule has 1 fully saturated rings. The van der Waals surface area contributed by atoms with Gasteiger partial charge in [-0.1, -0.05) is 32.1 Å². The van der Waals surface area contributed by atoms with Gasteiger partial charge in [-0.3, -0.25) is 19.1 Å². The predicted molar refractivity (Wildman–Crippen MR) is 154 cm³/mol. The van der Waals surface area contributed by atoms with Crippen molar-refractivity contribution < 1.29 is 22.4 Å². The second-order valence-corrected chi connectivity index (χ2v) is 12.4. The number of urea groups is 1. The van der Waals surface area contributed by atoms with Crippen molar-refractivity contribution in [2.75, 3.05) is 31.7 Å². The molecule has 3 amide bonds. The van der Waals surface area contributed by atoms with Crippen LogP contribution in [-0.2, 0) is 14.8 Å². The molecule has 216 valence electrons. The predicted octanol–water partition coefficient (Wildman–Crippen LogP) is 4.57. The van der Waals surface area contributed by atoms with Gasteiger partial charge in [0.15, 0.2) is 0 Å². The summed E-state index contributed by atoms with van der Waals surface area (Å²) in [6, 6.07) is 3.00. The van der Waals surface area contributed by atoms with Crippen LogP contribution >= 0.6 is 0 Å². The van der Waals surface area contributed by atoms with Crippen LogP contribution in [0.2, 0.25) is 0 Å². The van der Waals surface area contributed by atoms with Crippen LogP contribution in [0.4, 0.5) is 14.9 Å². The summed E-state index contributed by atoms with van der Waals surface area (Å²) >= 11 is 0. The third-order valence-corrected chi connectivity index (χ3v) is 9.25. The number of rotatable bonds is 13. The smallest absolute Gasteiger partial charge is 0.318 e. The van der Waals surface area contributed by atoms with E-state index in [0.717, 1.165) is 55.2 Å². The standard InChI is InChI=1S/C28H42FN5O4S/c1-21-19-23(33(3)27(30)36)20-22(2)24(21)12-18-39(37,38)34-16-13-28(14-17-34)26(35)31-25(32-28)11-9-7-5-4-6-8-10-15-29/h12,18-20H,4-11,13-17H2,1-3H3,(H2,30,36)(H,31,32,35)/b18-12+. The van der Waals surface area contributed by atoms with E-state index in [9.17, 15) is 22.4 Å². The topological polar surface area (TPSA) is 125 Å². The summed E-state index contributed by atoms with van der Waals surface area (Å²) in [5.41, 5.74) is 7.52. The molecule has 0 aliphatic carbocycles. The van der Waals surface area contributed by atoms with Crippen molar-refractivity contribution in [1.82, 2.24) is 9.62 Å². The molecule has 1 aromatic carbocycles. The average Bonchev–Trinajstić information content (AvgIpc) is 3.18. The molecule has 39 heavy (non-hydrogen) atoms. The molecular weight excluding hydrogens is 521 g/mol. The number of sulfonamides is 1. The molecule has 0 aromatic heterocycles. The lowest BCUT2D eigenvalue weighted by Crippen LogP contribution is -2.50. The molecule has 0 bridgehead atoms. The van der Waals surface area contributed by atoms with E-state index in [1.54, 1.807) is 25.3 Å². The van der Waals surface area contributed by atoms with Gasteiger partial charge in [-0.2, -0.15) is 4.31 Å². The molecule has 2 heterocycles. The number of amides is 3. The Labute approximate surface area is 231 Å². The highest BCUT2D eigenvalue weighted by Gasteiger charge is 2.46. The summed E-state index contributed by atoms with van der Waals surface area (Å²) < 4.78 is 39.7. The summed E-state index contributed by atoms with van der Waals surface area (Å²) in [5, 5.41) is 4.13. The Balaban J connectivity index is 1.55. The zero-order valence-corrected chi connectivity index (χ0v) is 24.2. The Morgan fingerprint density at radius 3 is 2.23 bits per heavy atom. The van der Waals surface area contributed by atoms with E-state index in [1.165, 1.54) is 14.6 Å². The number of nitrogens with one attached hydrogen (secondary N) is 1. The first kappa shape index (κ1) is 30.7. The van der Waals surface area contributed by atoms with Crippen LogP contribution in [0.25, 0.3) is 6.08 Å². The van der Waals surface area contributed by atoms with Crippen LogP contribution in [0.1, 0.15) is 80.9 Å². The minimum absolute atomic E-state index is 0.136. The average molecular weight is 564 g/mol. The number of hydrogen-bond donors (Lipinski definition) is 2. The lowest BCUT2D eigenvalue weighted by molar-refractivity contribution is -0.124. The normalized spacial score (nSPS) is 17.5. The fourth-order valence-electron chi connectivity index (χ4n) is 5.20. The molecule has 11 heteroatoms. The number of amidine groups is 1. The molecule has 0 saturated carbocycles. The first-order chi connectivity index (χ1) is 18.5. The molecule has 1 saturated heterocycles. The Morgan fingerprint density at radius 2 is 1.67 bits per heavy atom. The van der Waals surface area contributed by atoms with Crippen molar-refractivity contribution in [3.05, 3.63) is 34.2 Å². The van der Waals surface area contributed by atoms with Gasteiger partial charge in [0.05, 0.1) is 6.67 Å². The maximum Gasteiger partial charge on any atom is 0.318 e. The molecular formula is C28H42FN5O4S. The van der Waals surface area contributed by atoms with E-state index in [1.807, 2.05) is 13.8 Å². The van der Waals surface area contributed by atoms with E-state index in [0.29, 0.717) is 37.2 Å². The van der Waals surface area contributed by atoms with Crippen LogP contribution in [0, 0.1) is 13.8 Å². The van der Waals surface area contributed by atoms with Crippen molar-refractivity contribution in [3.63, 3.8) is 0 Å². The van der Waals surface area contributed by atoms with E-state index in [-0.39, 0.29) is 25.7 Å². The Hall–Kier alpha value is -2.79. The highest BCUT2D eigenvalue weighted by molar-refractivity contribution is 7.92. The quantitative estimate of drug-likeness (QED) is 0.341. The molecule has 3 rings (SSSR count). The number of nitrogens with two attached hydrogens (primary N) is 1. The van der Waals surface area contributed by atoms with Crippen LogP contribution < -0.4 is 16.0 Å². The van der Waals surface area contributed by atoms with Crippen molar-refractivity contribution in [2.24, 2.45) is 10.7 Å². The molecule has 0 radical (unpaired) electrons. The van der Waals surface area contributed by atoms with Gasteiger partial charge in [-0.25, -0.2) is 13.2 Å². The van der Waals surface area contributed by atoms with E-state index < -0.39 is 21.6 Å². The van der Waals surface area contributed by atoms with Gasteiger partial charge in [0.2, 0.25) is 10.0 Å².